The molecule has 3 aromatic rings. The number of carbonyl (C=O) groups is 1. The number of rotatable bonds is 6. The van der Waals surface area contributed by atoms with Gasteiger partial charge in [-0.25, -0.2) is 9.37 Å². The number of anilines is 2. The normalized spacial score (nSPS) is 17.5. The molecule has 0 unspecified atom stereocenters. The first-order valence-electron chi connectivity index (χ1n) is 12.4. The number of aromatic nitrogens is 2. The van der Waals surface area contributed by atoms with E-state index >= 15 is 0 Å². The summed E-state index contributed by atoms with van der Waals surface area (Å²) in [5, 5.41) is 0. The molecule has 2 saturated heterocycles. The molecule has 0 saturated carbocycles. The van der Waals surface area contributed by atoms with Crippen LogP contribution in [0.2, 0.25) is 0 Å². The van der Waals surface area contributed by atoms with Gasteiger partial charge in [-0.2, -0.15) is 0 Å². The van der Waals surface area contributed by atoms with Crippen molar-refractivity contribution in [2.24, 2.45) is 0 Å². The number of para-hydroxylation sites is 1. The van der Waals surface area contributed by atoms with Crippen molar-refractivity contribution in [1.82, 2.24) is 14.3 Å². The lowest BCUT2D eigenvalue weighted by Gasteiger charge is -2.37. The molecular weight excluding hydrogens is 509 g/mol. The van der Waals surface area contributed by atoms with E-state index in [4.69, 9.17) is 17.2 Å². The van der Waals surface area contributed by atoms with Crippen LogP contribution in [-0.4, -0.2) is 57.2 Å². The third kappa shape index (κ3) is 5.00. The number of thioether (sulfide) groups is 1. The Morgan fingerprint density at radius 3 is 2.54 bits per heavy atom. The minimum Gasteiger partial charge on any atom is -0.366 e. The maximum absolute atomic E-state index is 14.4. The number of unbranched alkanes of at least 4 members (excludes halogenated alkanes) is 1. The molecule has 2 fully saturated rings. The van der Waals surface area contributed by atoms with Crippen molar-refractivity contribution in [3.8, 4) is 0 Å². The Morgan fingerprint density at radius 1 is 1.08 bits per heavy atom. The van der Waals surface area contributed by atoms with E-state index in [0.29, 0.717) is 64.7 Å². The highest BCUT2D eigenvalue weighted by Gasteiger charge is 2.33. The highest BCUT2D eigenvalue weighted by Crippen LogP contribution is 2.34. The molecule has 0 N–H and O–H groups in total. The Bertz CT molecular complexity index is 1460. The van der Waals surface area contributed by atoms with E-state index in [0.717, 1.165) is 18.4 Å². The molecule has 0 bridgehead atoms. The fraction of sp³-hybridized carbons (Fsp3) is 0.333. The molecule has 4 heterocycles. The van der Waals surface area contributed by atoms with Crippen LogP contribution in [0.15, 0.2) is 52.3 Å². The molecule has 1 amide bonds. The van der Waals surface area contributed by atoms with Crippen LogP contribution in [0.25, 0.3) is 11.7 Å². The lowest BCUT2D eigenvalue weighted by atomic mass is 10.2. The Hall–Kier alpha value is -3.24. The number of aryl methyl sites for hydroxylation is 1. The minimum atomic E-state index is -0.251. The average Bonchev–Trinajstić information content (AvgIpc) is 3.16. The van der Waals surface area contributed by atoms with Crippen molar-refractivity contribution < 1.29 is 9.18 Å². The van der Waals surface area contributed by atoms with Crippen LogP contribution < -0.4 is 15.4 Å². The monoisotopic (exact) mass is 537 g/mol. The van der Waals surface area contributed by atoms with Gasteiger partial charge in [0.05, 0.1) is 16.2 Å². The summed E-state index contributed by atoms with van der Waals surface area (Å²) in [5.41, 5.74) is 2.16. The molecule has 10 heteroatoms. The molecule has 37 heavy (non-hydrogen) atoms. The molecule has 5 rings (SSSR count). The summed E-state index contributed by atoms with van der Waals surface area (Å²) < 4.78 is 16.4. The molecule has 192 valence electrons. The van der Waals surface area contributed by atoms with Crippen molar-refractivity contribution in [2.45, 2.75) is 26.7 Å². The molecule has 2 aromatic heterocycles. The Balaban J connectivity index is 1.52. The van der Waals surface area contributed by atoms with Crippen LogP contribution in [0, 0.1) is 12.7 Å². The second-order valence-corrected chi connectivity index (χ2v) is 10.9. The Morgan fingerprint density at radius 2 is 1.81 bits per heavy atom. The number of thiocarbonyl (C=S) groups is 1. The molecule has 2 aliphatic heterocycles. The second-order valence-electron chi connectivity index (χ2n) is 9.20. The van der Waals surface area contributed by atoms with E-state index in [1.165, 1.54) is 22.2 Å². The van der Waals surface area contributed by atoms with Crippen molar-refractivity contribution in [3.63, 3.8) is 0 Å². The fourth-order valence-corrected chi connectivity index (χ4v) is 5.91. The number of nitrogens with zero attached hydrogens (tertiary/aromatic N) is 5. The summed E-state index contributed by atoms with van der Waals surface area (Å²) in [6.07, 6.45) is 5.22. The molecule has 2 aliphatic rings. The van der Waals surface area contributed by atoms with Gasteiger partial charge in [-0.05, 0) is 43.2 Å². The molecule has 1 aromatic carbocycles. The number of piperazine rings is 1. The number of amides is 1. The number of benzene rings is 1. The van der Waals surface area contributed by atoms with Crippen LogP contribution in [0.4, 0.5) is 15.9 Å². The van der Waals surface area contributed by atoms with Gasteiger partial charge in [0.25, 0.3) is 11.5 Å². The maximum atomic E-state index is 14.4. The van der Waals surface area contributed by atoms with Crippen molar-refractivity contribution in [2.75, 3.05) is 42.5 Å². The summed E-state index contributed by atoms with van der Waals surface area (Å²) >= 11 is 6.68. The van der Waals surface area contributed by atoms with E-state index in [1.807, 2.05) is 34.9 Å². The number of hydrogen-bond donors (Lipinski definition) is 0. The van der Waals surface area contributed by atoms with Gasteiger partial charge in [-0.15, -0.1) is 0 Å². The van der Waals surface area contributed by atoms with Gasteiger partial charge >= 0.3 is 0 Å². The Kier molecular flexibility index (Phi) is 7.30. The first kappa shape index (κ1) is 25.4. The molecule has 0 aliphatic carbocycles. The first-order valence-corrected chi connectivity index (χ1v) is 13.6. The van der Waals surface area contributed by atoms with Gasteiger partial charge < -0.3 is 9.80 Å². The minimum absolute atomic E-state index is 0.174. The first-order chi connectivity index (χ1) is 17.9. The van der Waals surface area contributed by atoms with Gasteiger partial charge in [0.1, 0.15) is 21.6 Å². The van der Waals surface area contributed by atoms with Crippen LogP contribution in [0.3, 0.4) is 0 Å². The largest absolute Gasteiger partial charge is 0.366 e. The lowest BCUT2D eigenvalue weighted by molar-refractivity contribution is -0.122. The molecule has 0 spiro atoms. The fourth-order valence-electron chi connectivity index (χ4n) is 4.62. The summed E-state index contributed by atoms with van der Waals surface area (Å²) in [7, 11) is 0. The Labute approximate surface area is 224 Å². The van der Waals surface area contributed by atoms with E-state index in [9.17, 15) is 14.0 Å². The zero-order chi connectivity index (χ0) is 26.1. The molecule has 7 nitrogen and oxygen atoms in total. The maximum Gasteiger partial charge on any atom is 0.267 e. The van der Waals surface area contributed by atoms with E-state index in [-0.39, 0.29) is 17.3 Å². The third-order valence-electron chi connectivity index (χ3n) is 6.64. The van der Waals surface area contributed by atoms with Gasteiger partial charge in [-0.1, -0.05) is 55.5 Å². The second kappa shape index (κ2) is 10.6. The van der Waals surface area contributed by atoms with Crippen LogP contribution in [0.5, 0.6) is 0 Å². The number of fused-ring (bicyclic) bond motifs is 1. The molecular formula is C27H28FN5O2S2. The summed E-state index contributed by atoms with van der Waals surface area (Å²) in [6, 6.07) is 10.5. The van der Waals surface area contributed by atoms with Gasteiger partial charge in [0, 0.05) is 38.9 Å². The number of hydrogen-bond acceptors (Lipinski definition) is 7. The van der Waals surface area contributed by atoms with Gasteiger partial charge in [-0.3, -0.25) is 18.9 Å². The van der Waals surface area contributed by atoms with Crippen molar-refractivity contribution in [1.29, 1.82) is 0 Å². The van der Waals surface area contributed by atoms with Crippen LogP contribution in [-0.2, 0) is 4.79 Å². The topological polar surface area (TPSA) is 61.2 Å². The number of pyridine rings is 1. The zero-order valence-electron chi connectivity index (χ0n) is 20.8. The quantitative estimate of drug-likeness (QED) is 0.340. The highest BCUT2D eigenvalue weighted by atomic mass is 32.2. The third-order valence-corrected chi connectivity index (χ3v) is 8.02. The van der Waals surface area contributed by atoms with Crippen LogP contribution >= 0.6 is 24.0 Å². The highest BCUT2D eigenvalue weighted by molar-refractivity contribution is 8.26. The van der Waals surface area contributed by atoms with E-state index in [2.05, 4.69) is 6.92 Å². The summed E-state index contributed by atoms with van der Waals surface area (Å²) in [5.74, 6) is 0.104. The van der Waals surface area contributed by atoms with E-state index < -0.39 is 0 Å². The van der Waals surface area contributed by atoms with Gasteiger partial charge in [0.15, 0.2) is 0 Å². The molecule has 0 radical (unpaired) electrons. The van der Waals surface area contributed by atoms with E-state index in [1.54, 1.807) is 29.3 Å². The summed E-state index contributed by atoms with van der Waals surface area (Å²) in [6.45, 7) is 6.82. The number of halogens is 1. The van der Waals surface area contributed by atoms with Gasteiger partial charge in [0.2, 0.25) is 0 Å². The zero-order valence-corrected chi connectivity index (χ0v) is 22.4. The van der Waals surface area contributed by atoms with Crippen molar-refractivity contribution in [3.05, 3.63) is 74.8 Å². The average molecular weight is 538 g/mol. The SMILES string of the molecule is CCCCN1C(=O)/C(=C\c2c(N3CCN(c4ccccc4F)CC3)nc3ccc(C)cn3c2=O)SC1=S. The lowest BCUT2D eigenvalue weighted by Crippen LogP contribution is -2.47. The standard InChI is InChI=1S/C27H28FN5O2S2/c1-3-4-11-32-26(35)22(37-27(32)36)16-19-24(29-23-10-9-18(2)17-33(23)25(19)34)31-14-12-30(13-15-31)21-8-6-5-7-20(21)28/h5-10,16-17H,3-4,11-15H2,1-2H3/b22-16+. The predicted octanol–water partition coefficient (Wildman–Crippen LogP) is 4.47. The predicted molar refractivity (Wildman–Crippen MR) is 152 cm³/mol. The molecule has 0 atom stereocenters. The smallest absolute Gasteiger partial charge is 0.267 e. The van der Waals surface area contributed by atoms with Crippen molar-refractivity contribution >= 4 is 57.4 Å². The summed E-state index contributed by atoms with van der Waals surface area (Å²) in [4.78, 5) is 37.8. The van der Waals surface area contributed by atoms with Crippen LogP contribution in [0.1, 0.15) is 30.9 Å². The number of carbonyl (C=O) groups excluding carboxylic acids is 1.